The van der Waals surface area contributed by atoms with Crippen molar-refractivity contribution in [2.45, 2.75) is 75.6 Å². The molecule has 2 amide bonds. The molecule has 1 N–H and O–H groups in total. The van der Waals surface area contributed by atoms with Crippen LogP contribution in [0.4, 0.5) is 4.79 Å². The van der Waals surface area contributed by atoms with E-state index >= 15 is 0 Å². The van der Waals surface area contributed by atoms with Gasteiger partial charge in [0.2, 0.25) is 0 Å². The van der Waals surface area contributed by atoms with E-state index in [0.29, 0.717) is 36.3 Å². The second-order valence-corrected chi connectivity index (χ2v) is 11.9. The molecule has 1 aromatic carbocycles. The van der Waals surface area contributed by atoms with Crippen molar-refractivity contribution in [3.05, 3.63) is 34.3 Å². The molecule has 0 aromatic heterocycles. The largest absolute Gasteiger partial charge is 0.390 e. The minimum atomic E-state index is -0.438. The highest BCUT2D eigenvalue weighted by Crippen LogP contribution is 2.58. The molecule has 0 spiro atoms. The number of nitrogens with zero attached hydrogens (tertiary/aromatic N) is 2. The average molecular weight is 459 g/mol. The number of halogens is 1. The molecule has 4 bridgehead atoms. The van der Waals surface area contributed by atoms with Gasteiger partial charge in [0.15, 0.2) is 0 Å². The Morgan fingerprint density at radius 2 is 1.76 bits per heavy atom. The Morgan fingerprint density at radius 3 is 2.34 bits per heavy atom. The third-order valence-electron chi connectivity index (χ3n) is 8.85. The fourth-order valence-electron chi connectivity index (χ4n) is 7.64. The van der Waals surface area contributed by atoms with Gasteiger partial charge in [0, 0.05) is 23.6 Å². The van der Waals surface area contributed by atoms with Crippen molar-refractivity contribution >= 4 is 22.0 Å². The summed E-state index contributed by atoms with van der Waals surface area (Å²) in [5.41, 5.74) is 0.706. The number of hydrogen-bond acceptors (Lipinski definition) is 2. The van der Waals surface area contributed by atoms with Gasteiger partial charge in [-0.05, 0) is 93.2 Å². The van der Waals surface area contributed by atoms with Gasteiger partial charge in [-0.15, -0.1) is 0 Å². The van der Waals surface area contributed by atoms with Crippen LogP contribution in [0.25, 0.3) is 0 Å². The van der Waals surface area contributed by atoms with Crippen molar-refractivity contribution < 1.29 is 9.90 Å². The Hall–Kier alpha value is -1.07. The maximum atomic E-state index is 13.8. The second kappa shape index (κ2) is 6.23. The molecule has 156 valence electrons. The smallest absolute Gasteiger partial charge is 0.321 e. The van der Waals surface area contributed by atoms with Crippen molar-refractivity contribution in [1.29, 1.82) is 0 Å². The van der Waals surface area contributed by atoms with Crippen LogP contribution in [0, 0.1) is 23.7 Å². The lowest BCUT2D eigenvalue weighted by Crippen LogP contribution is -2.62. The first-order valence-corrected chi connectivity index (χ1v) is 12.2. The zero-order valence-electron chi connectivity index (χ0n) is 17.2. The molecule has 4 nitrogen and oxygen atoms in total. The van der Waals surface area contributed by atoms with Crippen LogP contribution < -0.4 is 0 Å². The third-order valence-corrected chi connectivity index (χ3v) is 9.37. The highest BCUT2D eigenvalue weighted by atomic mass is 79.9. The van der Waals surface area contributed by atoms with Crippen LogP contribution >= 0.6 is 15.9 Å². The summed E-state index contributed by atoms with van der Waals surface area (Å²) in [6.45, 7) is 3.89. The molecule has 5 heteroatoms. The Balaban J connectivity index is 1.30. The molecule has 5 saturated carbocycles. The quantitative estimate of drug-likeness (QED) is 0.704. The SMILES string of the molecule is C[C@@]1(C2CC2)CN(C2C3CC4CC2CC(O)(C4)C3)C(=O)N1Cc1ccc(Br)cc1. The van der Waals surface area contributed by atoms with Crippen molar-refractivity contribution in [2.75, 3.05) is 6.54 Å². The summed E-state index contributed by atoms with van der Waals surface area (Å²) in [5.74, 6) is 2.30. The van der Waals surface area contributed by atoms with Crippen LogP contribution in [0.5, 0.6) is 0 Å². The van der Waals surface area contributed by atoms with E-state index in [2.05, 4.69) is 56.9 Å². The van der Waals surface area contributed by atoms with Crippen molar-refractivity contribution in [2.24, 2.45) is 23.7 Å². The lowest BCUT2D eigenvalue weighted by Gasteiger charge is -2.59. The average Bonchev–Trinajstić information content (AvgIpc) is 3.47. The molecule has 29 heavy (non-hydrogen) atoms. The lowest BCUT2D eigenvalue weighted by molar-refractivity contribution is -0.152. The number of rotatable bonds is 4. The molecule has 1 heterocycles. The molecule has 6 fully saturated rings. The minimum absolute atomic E-state index is 0.0598. The third kappa shape index (κ3) is 2.90. The van der Waals surface area contributed by atoms with Gasteiger partial charge in [-0.1, -0.05) is 28.1 Å². The van der Waals surface area contributed by atoms with Gasteiger partial charge < -0.3 is 14.9 Å². The molecular weight excluding hydrogens is 428 g/mol. The van der Waals surface area contributed by atoms with Gasteiger partial charge in [-0.2, -0.15) is 0 Å². The van der Waals surface area contributed by atoms with E-state index in [4.69, 9.17) is 0 Å². The lowest BCUT2D eigenvalue weighted by atomic mass is 9.52. The number of urea groups is 1. The van der Waals surface area contributed by atoms with Gasteiger partial charge in [-0.3, -0.25) is 0 Å². The Labute approximate surface area is 181 Å². The number of carbonyl (C=O) groups is 1. The van der Waals surface area contributed by atoms with Gasteiger partial charge in [0.25, 0.3) is 0 Å². The Morgan fingerprint density at radius 1 is 1.10 bits per heavy atom. The van der Waals surface area contributed by atoms with Gasteiger partial charge in [0.1, 0.15) is 0 Å². The van der Waals surface area contributed by atoms with Gasteiger partial charge >= 0.3 is 6.03 Å². The maximum Gasteiger partial charge on any atom is 0.321 e. The molecule has 3 atom stereocenters. The first-order chi connectivity index (χ1) is 13.8. The summed E-state index contributed by atoms with van der Waals surface area (Å²) in [7, 11) is 0. The number of carbonyl (C=O) groups excluding carboxylic acids is 1. The zero-order chi connectivity index (χ0) is 20.0. The summed E-state index contributed by atoms with van der Waals surface area (Å²) in [4.78, 5) is 18.3. The molecule has 5 aliphatic carbocycles. The van der Waals surface area contributed by atoms with Crippen molar-refractivity contribution in [3.8, 4) is 0 Å². The molecule has 1 aromatic rings. The van der Waals surface area contributed by atoms with Crippen molar-refractivity contribution in [1.82, 2.24) is 9.80 Å². The summed E-state index contributed by atoms with van der Waals surface area (Å²) in [6, 6.07) is 8.98. The first kappa shape index (κ1) is 18.7. The van der Waals surface area contributed by atoms with Gasteiger partial charge in [-0.25, -0.2) is 4.79 Å². The van der Waals surface area contributed by atoms with Crippen LogP contribution in [0.3, 0.4) is 0 Å². The van der Waals surface area contributed by atoms with Crippen LogP contribution in [-0.2, 0) is 6.54 Å². The van der Waals surface area contributed by atoms with E-state index in [1.807, 2.05) is 0 Å². The Bertz CT molecular complexity index is 822. The highest BCUT2D eigenvalue weighted by molar-refractivity contribution is 9.10. The van der Waals surface area contributed by atoms with E-state index < -0.39 is 5.60 Å². The normalized spacial score (nSPS) is 43.5. The van der Waals surface area contributed by atoms with E-state index in [1.165, 1.54) is 31.2 Å². The summed E-state index contributed by atoms with van der Waals surface area (Å²) in [5, 5.41) is 11.0. The molecular formula is C24H31BrN2O2. The number of benzene rings is 1. The molecule has 6 aliphatic rings. The predicted octanol–water partition coefficient (Wildman–Crippen LogP) is 4.80. The predicted molar refractivity (Wildman–Crippen MR) is 115 cm³/mol. The minimum Gasteiger partial charge on any atom is -0.390 e. The van der Waals surface area contributed by atoms with Crippen LogP contribution in [0.2, 0.25) is 0 Å². The summed E-state index contributed by atoms with van der Waals surface area (Å²) in [6.07, 6.45) is 7.71. The van der Waals surface area contributed by atoms with Gasteiger partial charge in [0.05, 0.1) is 11.1 Å². The molecule has 7 rings (SSSR count). The fourth-order valence-corrected chi connectivity index (χ4v) is 7.91. The summed E-state index contributed by atoms with van der Waals surface area (Å²) < 4.78 is 1.08. The van der Waals surface area contributed by atoms with Crippen LogP contribution in [0.15, 0.2) is 28.7 Å². The first-order valence-electron chi connectivity index (χ1n) is 11.4. The zero-order valence-corrected chi connectivity index (χ0v) is 18.8. The monoisotopic (exact) mass is 458 g/mol. The molecule has 1 saturated heterocycles. The molecule has 2 unspecified atom stereocenters. The molecule has 0 radical (unpaired) electrons. The van der Waals surface area contributed by atoms with Crippen LogP contribution in [0.1, 0.15) is 57.4 Å². The van der Waals surface area contributed by atoms with E-state index in [-0.39, 0.29) is 11.6 Å². The highest BCUT2D eigenvalue weighted by Gasteiger charge is 2.61. The second-order valence-electron chi connectivity index (χ2n) is 10.9. The topological polar surface area (TPSA) is 43.8 Å². The summed E-state index contributed by atoms with van der Waals surface area (Å²) >= 11 is 3.52. The standard InChI is InChI=1S/C24H31BrN2O2/c1-23(19-4-5-19)14-26(22(28)27(23)13-15-2-6-20(25)7-3-15)21-17-8-16-9-18(21)12-24(29,10-16)11-17/h2-3,6-7,16-19,21,29H,4-5,8-14H2,1H3/t16?,17?,18?,21?,23-,24?/m0/s1. The fraction of sp³-hybridized carbons (Fsp3) is 0.708. The number of amides is 2. The number of hydrogen-bond donors (Lipinski definition) is 1. The van der Waals surface area contributed by atoms with E-state index in [9.17, 15) is 9.90 Å². The maximum absolute atomic E-state index is 13.8. The number of aliphatic hydroxyl groups is 1. The van der Waals surface area contributed by atoms with Crippen LogP contribution in [-0.4, -0.2) is 44.7 Å². The van der Waals surface area contributed by atoms with Crippen molar-refractivity contribution in [3.63, 3.8) is 0 Å². The van der Waals surface area contributed by atoms with E-state index in [0.717, 1.165) is 30.3 Å². The van der Waals surface area contributed by atoms with E-state index in [1.54, 1.807) is 0 Å². The Kier molecular flexibility index (Phi) is 4.01. The molecule has 1 aliphatic heterocycles.